The molecule has 1 amide bonds. The van der Waals surface area contributed by atoms with Crippen LogP contribution in [0, 0.1) is 0 Å². The molecule has 0 saturated heterocycles. The van der Waals surface area contributed by atoms with Crippen molar-refractivity contribution >= 4 is 16.8 Å². The van der Waals surface area contributed by atoms with Crippen molar-refractivity contribution in [3.63, 3.8) is 0 Å². The van der Waals surface area contributed by atoms with Crippen LogP contribution in [-0.4, -0.2) is 43.6 Å². The van der Waals surface area contributed by atoms with Gasteiger partial charge in [0.15, 0.2) is 5.82 Å². The molecule has 3 heterocycles. The third-order valence-corrected chi connectivity index (χ3v) is 5.29. The standard InChI is InChI=1S/C23H21N5O/c29-23(20-11-10-18-8-4-5-9-19(18)24-20)27-13-12-22-25-21(26-28(22)15-14-27)16-17-6-2-1-3-7-17/h1-11H,12-16H2. The summed E-state index contributed by atoms with van der Waals surface area (Å²) in [6.45, 7) is 1.88. The summed E-state index contributed by atoms with van der Waals surface area (Å²) in [6, 6.07) is 21.8. The van der Waals surface area contributed by atoms with E-state index >= 15 is 0 Å². The van der Waals surface area contributed by atoms with Crippen LogP contribution in [0.5, 0.6) is 0 Å². The minimum atomic E-state index is -0.0361. The van der Waals surface area contributed by atoms with Gasteiger partial charge in [0, 0.05) is 31.3 Å². The van der Waals surface area contributed by atoms with Crippen molar-refractivity contribution < 1.29 is 4.79 Å². The second-order valence-corrected chi connectivity index (χ2v) is 7.26. The Morgan fingerprint density at radius 2 is 1.69 bits per heavy atom. The average molecular weight is 383 g/mol. The van der Waals surface area contributed by atoms with E-state index in [-0.39, 0.29) is 5.91 Å². The normalized spacial score (nSPS) is 13.9. The Morgan fingerprint density at radius 3 is 2.59 bits per heavy atom. The summed E-state index contributed by atoms with van der Waals surface area (Å²) >= 11 is 0. The van der Waals surface area contributed by atoms with E-state index in [1.807, 2.05) is 64.2 Å². The van der Waals surface area contributed by atoms with E-state index in [0.29, 0.717) is 31.7 Å². The lowest BCUT2D eigenvalue weighted by molar-refractivity contribution is 0.0752. The molecule has 2 aromatic carbocycles. The first-order valence-corrected chi connectivity index (χ1v) is 9.88. The average Bonchev–Trinajstić information content (AvgIpc) is 3.04. The first-order chi connectivity index (χ1) is 14.3. The van der Waals surface area contributed by atoms with Gasteiger partial charge < -0.3 is 4.90 Å². The molecule has 2 aromatic heterocycles. The molecular weight excluding hydrogens is 362 g/mol. The third-order valence-electron chi connectivity index (χ3n) is 5.29. The maximum Gasteiger partial charge on any atom is 0.272 e. The molecular formula is C23H21N5O. The lowest BCUT2D eigenvalue weighted by Gasteiger charge is -2.19. The van der Waals surface area contributed by atoms with Crippen LogP contribution in [0.4, 0.5) is 0 Å². The second-order valence-electron chi connectivity index (χ2n) is 7.26. The Balaban J connectivity index is 1.30. The highest BCUT2D eigenvalue weighted by Crippen LogP contribution is 2.15. The molecule has 29 heavy (non-hydrogen) atoms. The number of hydrogen-bond acceptors (Lipinski definition) is 4. The predicted octanol–water partition coefficient (Wildman–Crippen LogP) is 3.12. The van der Waals surface area contributed by atoms with Crippen LogP contribution in [0.25, 0.3) is 10.9 Å². The molecule has 0 radical (unpaired) electrons. The molecule has 0 bridgehead atoms. The van der Waals surface area contributed by atoms with Gasteiger partial charge in [0.2, 0.25) is 0 Å². The Bertz CT molecular complexity index is 1140. The van der Waals surface area contributed by atoms with Gasteiger partial charge >= 0.3 is 0 Å². The minimum Gasteiger partial charge on any atom is -0.335 e. The van der Waals surface area contributed by atoms with Crippen molar-refractivity contribution in [2.75, 3.05) is 13.1 Å². The van der Waals surface area contributed by atoms with Crippen LogP contribution in [0.2, 0.25) is 0 Å². The minimum absolute atomic E-state index is 0.0361. The number of benzene rings is 2. The number of pyridine rings is 1. The Labute approximate surface area is 168 Å². The van der Waals surface area contributed by atoms with Crippen LogP contribution < -0.4 is 0 Å². The number of fused-ring (bicyclic) bond motifs is 2. The number of amides is 1. The number of carbonyl (C=O) groups is 1. The predicted molar refractivity (Wildman–Crippen MR) is 111 cm³/mol. The van der Waals surface area contributed by atoms with Gasteiger partial charge in [-0.1, -0.05) is 54.6 Å². The summed E-state index contributed by atoms with van der Waals surface area (Å²) in [5, 5.41) is 5.70. The summed E-state index contributed by atoms with van der Waals surface area (Å²) in [5.41, 5.74) is 2.53. The molecule has 0 unspecified atom stereocenters. The van der Waals surface area contributed by atoms with Crippen LogP contribution in [0.1, 0.15) is 27.7 Å². The van der Waals surface area contributed by atoms with Gasteiger partial charge in [0.25, 0.3) is 5.91 Å². The molecule has 0 aliphatic carbocycles. The lowest BCUT2D eigenvalue weighted by atomic mass is 10.1. The first-order valence-electron chi connectivity index (χ1n) is 9.88. The summed E-state index contributed by atoms with van der Waals surface area (Å²) in [5.74, 6) is 1.74. The molecule has 6 nitrogen and oxygen atoms in total. The molecule has 6 heteroatoms. The van der Waals surface area contributed by atoms with Gasteiger partial charge in [-0.05, 0) is 17.7 Å². The Hall–Kier alpha value is -3.54. The molecule has 0 fully saturated rings. The Morgan fingerprint density at radius 1 is 0.862 bits per heavy atom. The van der Waals surface area contributed by atoms with Gasteiger partial charge in [-0.2, -0.15) is 5.10 Å². The monoisotopic (exact) mass is 383 g/mol. The molecule has 1 aliphatic rings. The Kier molecular flexibility index (Phi) is 4.52. The van der Waals surface area contributed by atoms with Gasteiger partial charge in [-0.3, -0.25) is 4.79 Å². The SMILES string of the molecule is O=C(c1ccc2ccccc2n1)N1CCc2nc(Cc3ccccc3)nn2CC1. The molecule has 5 rings (SSSR count). The largest absolute Gasteiger partial charge is 0.335 e. The number of aromatic nitrogens is 4. The maximum atomic E-state index is 13.0. The lowest BCUT2D eigenvalue weighted by Crippen LogP contribution is -2.34. The highest BCUT2D eigenvalue weighted by molar-refractivity contribution is 5.94. The topological polar surface area (TPSA) is 63.9 Å². The fourth-order valence-electron chi connectivity index (χ4n) is 3.76. The van der Waals surface area contributed by atoms with Crippen LogP contribution in [0.3, 0.4) is 0 Å². The van der Waals surface area contributed by atoms with E-state index in [2.05, 4.69) is 22.2 Å². The molecule has 1 aliphatic heterocycles. The molecule has 0 spiro atoms. The van der Waals surface area contributed by atoms with Gasteiger partial charge in [0.05, 0.1) is 12.1 Å². The van der Waals surface area contributed by atoms with Crippen molar-refractivity contribution in [3.05, 3.63) is 89.6 Å². The molecule has 0 atom stereocenters. The van der Waals surface area contributed by atoms with Gasteiger partial charge in [-0.15, -0.1) is 0 Å². The van der Waals surface area contributed by atoms with E-state index in [1.165, 1.54) is 5.56 Å². The molecule has 0 N–H and O–H groups in total. The van der Waals surface area contributed by atoms with E-state index in [4.69, 9.17) is 4.98 Å². The zero-order valence-electron chi connectivity index (χ0n) is 16.0. The van der Waals surface area contributed by atoms with E-state index in [0.717, 1.165) is 29.0 Å². The quantitative estimate of drug-likeness (QED) is 0.545. The van der Waals surface area contributed by atoms with Crippen molar-refractivity contribution in [3.8, 4) is 0 Å². The molecule has 0 saturated carbocycles. The summed E-state index contributed by atoms with van der Waals surface area (Å²) in [7, 11) is 0. The second kappa shape index (κ2) is 7.47. The number of para-hydroxylation sites is 1. The van der Waals surface area contributed by atoms with Gasteiger partial charge in [-0.25, -0.2) is 14.6 Å². The van der Waals surface area contributed by atoms with Crippen molar-refractivity contribution in [2.24, 2.45) is 0 Å². The maximum absolute atomic E-state index is 13.0. The van der Waals surface area contributed by atoms with Crippen molar-refractivity contribution in [2.45, 2.75) is 19.4 Å². The van der Waals surface area contributed by atoms with Crippen molar-refractivity contribution in [1.29, 1.82) is 0 Å². The van der Waals surface area contributed by atoms with Crippen LogP contribution >= 0.6 is 0 Å². The summed E-state index contributed by atoms with van der Waals surface area (Å²) in [4.78, 5) is 24.1. The number of rotatable bonds is 3. The zero-order chi connectivity index (χ0) is 19.6. The van der Waals surface area contributed by atoms with E-state index < -0.39 is 0 Å². The first kappa shape index (κ1) is 17.6. The number of nitrogens with zero attached hydrogens (tertiary/aromatic N) is 5. The number of carbonyl (C=O) groups excluding carboxylic acids is 1. The smallest absolute Gasteiger partial charge is 0.272 e. The van der Waals surface area contributed by atoms with Crippen LogP contribution in [0.15, 0.2) is 66.7 Å². The fraction of sp³-hybridized carbons (Fsp3) is 0.217. The van der Waals surface area contributed by atoms with Crippen molar-refractivity contribution in [1.82, 2.24) is 24.6 Å². The highest BCUT2D eigenvalue weighted by atomic mass is 16.2. The van der Waals surface area contributed by atoms with Gasteiger partial charge in [0.1, 0.15) is 11.5 Å². The molecule has 144 valence electrons. The summed E-state index contributed by atoms with van der Waals surface area (Å²) in [6.07, 6.45) is 1.42. The summed E-state index contributed by atoms with van der Waals surface area (Å²) < 4.78 is 1.94. The number of hydrogen-bond donors (Lipinski definition) is 0. The van der Waals surface area contributed by atoms with E-state index in [9.17, 15) is 4.79 Å². The molecule has 4 aromatic rings. The third kappa shape index (κ3) is 3.61. The fourth-order valence-corrected chi connectivity index (χ4v) is 3.76. The van der Waals surface area contributed by atoms with Crippen LogP contribution in [-0.2, 0) is 19.4 Å². The zero-order valence-corrected chi connectivity index (χ0v) is 16.0. The van der Waals surface area contributed by atoms with E-state index in [1.54, 1.807) is 0 Å². The highest BCUT2D eigenvalue weighted by Gasteiger charge is 2.22.